The topological polar surface area (TPSA) is 105 Å². The van der Waals surface area contributed by atoms with Gasteiger partial charge in [-0.3, -0.25) is 13.9 Å². The minimum Gasteiger partial charge on any atom is -0.493 e. The van der Waals surface area contributed by atoms with Crippen LogP contribution in [0.5, 0.6) is 11.5 Å². The van der Waals surface area contributed by atoms with Gasteiger partial charge in [0.2, 0.25) is 11.8 Å². The van der Waals surface area contributed by atoms with Crippen molar-refractivity contribution in [1.29, 1.82) is 0 Å². The Morgan fingerprint density at radius 2 is 1.68 bits per heavy atom. The molecule has 1 fully saturated rings. The highest BCUT2D eigenvalue weighted by atomic mass is 32.2. The zero-order chi connectivity index (χ0) is 27.1. The number of sulfonamides is 1. The molecular formula is C28H31N3O6S. The Hall–Kier alpha value is -4.05. The van der Waals surface area contributed by atoms with E-state index in [1.807, 2.05) is 29.2 Å². The molecule has 10 heteroatoms. The maximum absolute atomic E-state index is 13.7. The number of nitrogens with zero attached hydrogens (tertiary/aromatic N) is 2. The smallest absolute Gasteiger partial charge is 0.264 e. The summed E-state index contributed by atoms with van der Waals surface area (Å²) in [6.45, 7) is 1.10. The summed E-state index contributed by atoms with van der Waals surface area (Å²) >= 11 is 0. The lowest BCUT2D eigenvalue weighted by Crippen LogP contribution is -2.40. The van der Waals surface area contributed by atoms with E-state index in [0.29, 0.717) is 24.4 Å². The number of amides is 2. The molecule has 4 rings (SSSR count). The van der Waals surface area contributed by atoms with Crippen molar-refractivity contribution in [2.45, 2.75) is 30.8 Å². The molecule has 1 aliphatic heterocycles. The molecule has 0 aliphatic carbocycles. The summed E-state index contributed by atoms with van der Waals surface area (Å²) in [6.07, 6.45) is 1.46. The van der Waals surface area contributed by atoms with Crippen molar-refractivity contribution in [1.82, 2.24) is 10.2 Å². The van der Waals surface area contributed by atoms with Gasteiger partial charge in [-0.1, -0.05) is 42.5 Å². The molecule has 3 aromatic rings. The van der Waals surface area contributed by atoms with E-state index in [1.54, 1.807) is 30.3 Å². The third-order valence-corrected chi connectivity index (χ3v) is 8.07. The van der Waals surface area contributed by atoms with Gasteiger partial charge in [0.1, 0.15) is 6.54 Å². The summed E-state index contributed by atoms with van der Waals surface area (Å²) in [5, 5.41) is 2.82. The summed E-state index contributed by atoms with van der Waals surface area (Å²) in [5.41, 5.74) is 2.19. The minimum absolute atomic E-state index is 0.0315. The molecule has 2 amide bonds. The number of carbonyl (C=O) groups is 2. The lowest BCUT2D eigenvalue weighted by molar-refractivity contribution is -0.128. The second-order valence-corrected chi connectivity index (χ2v) is 10.7. The van der Waals surface area contributed by atoms with Crippen LogP contribution in [0.3, 0.4) is 0 Å². The van der Waals surface area contributed by atoms with Crippen molar-refractivity contribution in [2.75, 3.05) is 31.6 Å². The standard InChI is InChI=1S/C28H31N3O6S/c1-36-25-14-13-24(17-26(25)37-2)38(34,35)31(23-10-4-3-5-11-23)20-27(32)29-18-21-8-6-9-22(16-21)19-30-15-7-12-28(30)33/h3-6,8-11,13-14,16-17H,7,12,15,18-20H2,1-2H3,(H,29,32). The number of nitrogens with one attached hydrogen (secondary N) is 1. The fraction of sp³-hybridized carbons (Fsp3) is 0.286. The number of anilines is 1. The lowest BCUT2D eigenvalue weighted by Gasteiger charge is -2.24. The molecule has 0 unspecified atom stereocenters. The summed E-state index contributed by atoms with van der Waals surface area (Å²) in [4.78, 5) is 26.7. The Bertz CT molecular complexity index is 1390. The Morgan fingerprint density at radius 1 is 0.947 bits per heavy atom. The summed E-state index contributed by atoms with van der Waals surface area (Å²) in [6, 6.07) is 20.4. The summed E-state index contributed by atoms with van der Waals surface area (Å²) in [7, 11) is -1.22. The number of para-hydroxylation sites is 1. The van der Waals surface area contributed by atoms with Gasteiger partial charge in [-0.25, -0.2) is 8.42 Å². The molecule has 38 heavy (non-hydrogen) atoms. The lowest BCUT2D eigenvalue weighted by atomic mass is 10.1. The van der Waals surface area contributed by atoms with E-state index in [4.69, 9.17) is 9.47 Å². The Morgan fingerprint density at radius 3 is 2.37 bits per heavy atom. The number of ether oxygens (including phenoxy) is 2. The van der Waals surface area contributed by atoms with Crippen LogP contribution in [0.4, 0.5) is 5.69 Å². The minimum atomic E-state index is -4.12. The largest absolute Gasteiger partial charge is 0.493 e. The Kier molecular flexibility index (Phi) is 8.52. The molecule has 1 aliphatic rings. The molecule has 3 aromatic carbocycles. The SMILES string of the molecule is COc1ccc(S(=O)(=O)N(CC(=O)NCc2cccc(CN3CCCC3=O)c2)c2ccccc2)cc1OC. The van der Waals surface area contributed by atoms with E-state index in [1.165, 1.54) is 32.4 Å². The van der Waals surface area contributed by atoms with Gasteiger partial charge in [0.15, 0.2) is 11.5 Å². The van der Waals surface area contributed by atoms with Crippen LogP contribution in [0.1, 0.15) is 24.0 Å². The first-order chi connectivity index (χ1) is 18.3. The van der Waals surface area contributed by atoms with Gasteiger partial charge in [0.25, 0.3) is 10.0 Å². The molecule has 0 spiro atoms. The van der Waals surface area contributed by atoms with Crippen LogP contribution >= 0.6 is 0 Å². The van der Waals surface area contributed by atoms with E-state index in [-0.39, 0.29) is 23.1 Å². The predicted molar refractivity (Wildman–Crippen MR) is 143 cm³/mol. The molecule has 1 N–H and O–H groups in total. The number of hydrogen-bond donors (Lipinski definition) is 1. The maximum atomic E-state index is 13.7. The average Bonchev–Trinajstić information content (AvgIpc) is 3.34. The third kappa shape index (κ3) is 6.25. The molecule has 1 heterocycles. The van der Waals surface area contributed by atoms with E-state index in [9.17, 15) is 18.0 Å². The van der Waals surface area contributed by atoms with Crippen LogP contribution in [-0.2, 0) is 32.7 Å². The Balaban J connectivity index is 1.50. The van der Waals surface area contributed by atoms with Gasteiger partial charge in [0, 0.05) is 32.1 Å². The quantitative estimate of drug-likeness (QED) is 0.402. The number of hydrogen-bond acceptors (Lipinski definition) is 6. The van der Waals surface area contributed by atoms with Crippen molar-refractivity contribution in [3.8, 4) is 11.5 Å². The number of carbonyl (C=O) groups excluding carboxylic acids is 2. The fourth-order valence-electron chi connectivity index (χ4n) is 4.33. The second kappa shape index (κ2) is 12.0. The van der Waals surface area contributed by atoms with Crippen LogP contribution in [0.2, 0.25) is 0 Å². The number of likely N-dealkylation sites (tertiary alicyclic amines) is 1. The zero-order valence-corrected chi connectivity index (χ0v) is 22.2. The van der Waals surface area contributed by atoms with Crippen LogP contribution in [0.25, 0.3) is 0 Å². The highest BCUT2D eigenvalue weighted by molar-refractivity contribution is 7.92. The van der Waals surface area contributed by atoms with E-state index in [2.05, 4.69) is 5.32 Å². The van der Waals surface area contributed by atoms with Gasteiger partial charge in [-0.2, -0.15) is 0 Å². The monoisotopic (exact) mass is 537 g/mol. The van der Waals surface area contributed by atoms with E-state index in [0.717, 1.165) is 28.4 Å². The number of benzene rings is 3. The van der Waals surface area contributed by atoms with Crippen LogP contribution < -0.4 is 19.1 Å². The average molecular weight is 538 g/mol. The molecule has 0 radical (unpaired) electrons. The molecule has 1 saturated heterocycles. The first-order valence-corrected chi connectivity index (χ1v) is 13.7. The highest BCUT2D eigenvalue weighted by Crippen LogP contribution is 2.32. The normalized spacial score (nSPS) is 13.3. The van der Waals surface area contributed by atoms with Gasteiger partial charge in [-0.15, -0.1) is 0 Å². The zero-order valence-electron chi connectivity index (χ0n) is 21.4. The van der Waals surface area contributed by atoms with Gasteiger partial charge < -0.3 is 19.7 Å². The fourth-order valence-corrected chi connectivity index (χ4v) is 5.77. The number of methoxy groups -OCH3 is 2. The summed E-state index contributed by atoms with van der Waals surface area (Å²) in [5.74, 6) is 0.353. The molecule has 0 saturated carbocycles. The molecule has 0 bridgehead atoms. The van der Waals surface area contributed by atoms with Gasteiger partial charge in [-0.05, 0) is 41.8 Å². The van der Waals surface area contributed by atoms with Crippen molar-refractivity contribution in [3.05, 3.63) is 83.9 Å². The molecular weight excluding hydrogens is 506 g/mol. The number of rotatable bonds is 11. The van der Waals surface area contributed by atoms with E-state index < -0.39 is 22.5 Å². The van der Waals surface area contributed by atoms with Crippen LogP contribution in [0, 0.1) is 0 Å². The first-order valence-electron chi connectivity index (χ1n) is 12.2. The Labute approximate surface area is 223 Å². The predicted octanol–water partition coefficient (Wildman–Crippen LogP) is 3.34. The summed E-state index contributed by atoms with van der Waals surface area (Å²) < 4.78 is 38.9. The van der Waals surface area contributed by atoms with Crippen molar-refractivity contribution in [3.63, 3.8) is 0 Å². The molecule has 0 aromatic heterocycles. The molecule has 9 nitrogen and oxygen atoms in total. The van der Waals surface area contributed by atoms with Gasteiger partial charge >= 0.3 is 0 Å². The molecule has 0 atom stereocenters. The maximum Gasteiger partial charge on any atom is 0.264 e. The third-order valence-electron chi connectivity index (χ3n) is 6.30. The van der Waals surface area contributed by atoms with Crippen molar-refractivity contribution in [2.24, 2.45) is 0 Å². The van der Waals surface area contributed by atoms with Crippen molar-refractivity contribution < 1.29 is 27.5 Å². The first kappa shape index (κ1) is 27.0. The second-order valence-electron chi connectivity index (χ2n) is 8.88. The van der Waals surface area contributed by atoms with Crippen LogP contribution in [-0.4, -0.2) is 52.4 Å². The highest BCUT2D eigenvalue weighted by Gasteiger charge is 2.28. The van der Waals surface area contributed by atoms with Gasteiger partial charge in [0.05, 0.1) is 24.8 Å². The van der Waals surface area contributed by atoms with E-state index >= 15 is 0 Å². The van der Waals surface area contributed by atoms with Crippen LogP contribution in [0.15, 0.2) is 77.7 Å². The molecule has 200 valence electrons. The van der Waals surface area contributed by atoms with Crippen molar-refractivity contribution >= 4 is 27.5 Å².